The molecule has 61 heavy (non-hydrogen) atoms. The Balaban J connectivity index is 0.714. The van der Waals surface area contributed by atoms with Gasteiger partial charge in [0.05, 0.1) is 18.8 Å². The molecule has 0 radical (unpaired) electrons. The van der Waals surface area contributed by atoms with E-state index >= 15 is 0 Å². The SMILES string of the molecule is NCc1cccc(C2CCN(C(=O)c3cccc(OCC(=O)N4C[C@@H]5OB(c6cccc7[nH]c(C(=O)N8CCC9(CC8)COc8ccc(CN)cc89)cc67)O[C@@H]5C4)c3)CC2)c1. The number of nitrogens with zero attached hydrogens (tertiary/aromatic N) is 3. The molecule has 5 N–H and O–H groups in total. The molecular formula is C47H51BN6O7. The van der Waals surface area contributed by atoms with Crippen LogP contribution in [0, 0.1) is 0 Å². The highest BCUT2D eigenvalue weighted by Gasteiger charge is 2.48. The van der Waals surface area contributed by atoms with Crippen LogP contribution >= 0.6 is 0 Å². The van der Waals surface area contributed by atoms with Crippen LogP contribution in [0.1, 0.15) is 74.7 Å². The number of hydrogen-bond acceptors (Lipinski definition) is 9. The van der Waals surface area contributed by atoms with Crippen LogP contribution in [-0.4, -0.2) is 109 Å². The Morgan fingerprint density at radius 1 is 0.770 bits per heavy atom. The normalized spacial score (nSPS) is 20.9. The molecule has 4 fully saturated rings. The second kappa shape index (κ2) is 16.3. The number of aromatic amines is 1. The monoisotopic (exact) mass is 822 g/mol. The van der Waals surface area contributed by atoms with E-state index in [4.69, 9.17) is 30.2 Å². The van der Waals surface area contributed by atoms with Gasteiger partial charge >= 0.3 is 7.12 Å². The number of rotatable bonds is 9. The van der Waals surface area contributed by atoms with Gasteiger partial charge in [0.1, 0.15) is 17.2 Å². The van der Waals surface area contributed by atoms with Crippen molar-refractivity contribution in [1.29, 1.82) is 0 Å². The Bertz CT molecular complexity index is 2460. The van der Waals surface area contributed by atoms with Crippen LogP contribution in [0.2, 0.25) is 0 Å². The highest BCUT2D eigenvalue weighted by atomic mass is 16.7. The van der Waals surface area contributed by atoms with Crippen LogP contribution in [0.4, 0.5) is 0 Å². The zero-order valence-electron chi connectivity index (χ0n) is 34.2. The van der Waals surface area contributed by atoms with Crippen molar-refractivity contribution in [1.82, 2.24) is 19.7 Å². The number of carbonyl (C=O) groups is 3. The van der Waals surface area contributed by atoms with E-state index in [1.54, 1.807) is 29.2 Å². The summed E-state index contributed by atoms with van der Waals surface area (Å²) in [5, 5.41) is 0.872. The third-order valence-electron chi connectivity index (χ3n) is 13.6. The van der Waals surface area contributed by atoms with Gasteiger partial charge in [-0.3, -0.25) is 14.4 Å². The summed E-state index contributed by atoms with van der Waals surface area (Å²) < 4.78 is 24.8. The number of ether oxygens (including phenoxy) is 2. The van der Waals surface area contributed by atoms with E-state index in [-0.39, 0.29) is 42.0 Å². The number of hydrogen-bond donors (Lipinski definition) is 3. The highest BCUT2D eigenvalue weighted by Crippen LogP contribution is 2.46. The van der Waals surface area contributed by atoms with E-state index in [0.29, 0.717) is 81.9 Å². The highest BCUT2D eigenvalue weighted by molar-refractivity contribution is 6.65. The van der Waals surface area contributed by atoms with Crippen LogP contribution in [0.25, 0.3) is 10.9 Å². The van der Waals surface area contributed by atoms with E-state index in [2.05, 4.69) is 29.2 Å². The summed E-state index contributed by atoms with van der Waals surface area (Å²) in [5.74, 6) is 1.55. The van der Waals surface area contributed by atoms with Crippen LogP contribution in [0.3, 0.4) is 0 Å². The van der Waals surface area contributed by atoms with E-state index < -0.39 is 7.12 Å². The molecule has 0 bridgehead atoms. The summed E-state index contributed by atoms with van der Waals surface area (Å²) in [7, 11) is -0.630. The number of aromatic nitrogens is 1. The van der Waals surface area contributed by atoms with Gasteiger partial charge < -0.3 is 49.9 Å². The molecule has 10 rings (SSSR count). The number of nitrogens with one attached hydrogen (secondary N) is 1. The third kappa shape index (κ3) is 7.56. The molecule has 13 nitrogen and oxygen atoms in total. The molecule has 3 amide bonds. The van der Waals surface area contributed by atoms with Crippen molar-refractivity contribution in [3.8, 4) is 11.5 Å². The van der Waals surface area contributed by atoms with E-state index in [1.165, 1.54) is 11.1 Å². The van der Waals surface area contributed by atoms with Gasteiger partial charge in [0.25, 0.3) is 17.7 Å². The molecule has 1 spiro atoms. The Hall–Kier alpha value is -5.67. The average Bonchev–Trinajstić information content (AvgIpc) is 4.11. The Kier molecular flexibility index (Phi) is 10.6. The van der Waals surface area contributed by atoms with Crippen LogP contribution < -0.4 is 26.4 Å². The van der Waals surface area contributed by atoms with Gasteiger partial charge in [0.2, 0.25) is 0 Å². The first-order chi connectivity index (χ1) is 29.8. The summed E-state index contributed by atoms with van der Waals surface area (Å²) in [6, 6.07) is 29.5. The summed E-state index contributed by atoms with van der Waals surface area (Å²) >= 11 is 0. The Morgan fingerprint density at radius 3 is 2.26 bits per heavy atom. The molecule has 4 aromatic carbocycles. The van der Waals surface area contributed by atoms with Crippen molar-refractivity contribution in [2.24, 2.45) is 11.5 Å². The molecule has 0 saturated carbocycles. The van der Waals surface area contributed by atoms with Crippen molar-refractivity contribution in [3.63, 3.8) is 0 Å². The molecule has 6 heterocycles. The third-order valence-corrected chi connectivity index (χ3v) is 13.6. The number of fused-ring (bicyclic) bond motifs is 4. The second-order valence-electron chi connectivity index (χ2n) is 17.2. The lowest BCUT2D eigenvalue weighted by atomic mass is 9.74. The molecule has 0 aliphatic carbocycles. The summed E-state index contributed by atoms with van der Waals surface area (Å²) in [4.78, 5) is 49.5. The fourth-order valence-electron chi connectivity index (χ4n) is 9.99. The maximum atomic E-state index is 13.9. The van der Waals surface area contributed by atoms with Crippen molar-refractivity contribution < 1.29 is 33.2 Å². The smallest absolute Gasteiger partial charge is 0.492 e. The molecule has 14 heteroatoms. The van der Waals surface area contributed by atoms with Crippen molar-refractivity contribution in [2.75, 3.05) is 52.5 Å². The van der Waals surface area contributed by atoms with E-state index in [0.717, 1.165) is 58.9 Å². The lowest BCUT2D eigenvalue weighted by Gasteiger charge is -2.38. The minimum absolute atomic E-state index is 0.0342. The molecule has 5 aliphatic heterocycles. The van der Waals surface area contributed by atoms with E-state index in [1.807, 2.05) is 52.3 Å². The largest absolute Gasteiger partial charge is 0.495 e. The predicted octanol–water partition coefficient (Wildman–Crippen LogP) is 4.07. The van der Waals surface area contributed by atoms with Crippen LogP contribution in [0.5, 0.6) is 11.5 Å². The summed E-state index contributed by atoms with van der Waals surface area (Å²) in [5.41, 5.74) is 19.1. The summed E-state index contributed by atoms with van der Waals surface area (Å²) in [6.45, 7) is 4.83. The number of piperidine rings is 2. The second-order valence-corrected chi connectivity index (χ2v) is 17.2. The first-order valence-corrected chi connectivity index (χ1v) is 21.5. The van der Waals surface area contributed by atoms with Gasteiger partial charge in [0.15, 0.2) is 6.61 Å². The van der Waals surface area contributed by atoms with Crippen LogP contribution in [0.15, 0.2) is 91.0 Å². The molecular weight excluding hydrogens is 771 g/mol. The molecule has 0 unspecified atom stereocenters. The number of nitrogens with two attached hydrogens (primary N) is 2. The maximum Gasteiger partial charge on any atom is 0.495 e. The number of benzene rings is 4. The van der Waals surface area contributed by atoms with Crippen LogP contribution in [-0.2, 0) is 32.6 Å². The van der Waals surface area contributed by atoms with Gasteiger partial charge in [-0.2, -0.15) is 0 Å². The average molecular weight is 823 g/mol. The summed E-state index contributed by atoms with van der Waals surface area (Å²) in [6.07, 6.45) is 2.83. The molecule has 314 valence electrons. The Labute approximate surface area is 355 Å². The van der Waals surface area contributed by atoms with Gasteiger partial charge in [-0.15, -0.1) is 0 Å². The number of carbonyl (C=O) groups excluding carboxylic acids is 3. The fraction of sp³-hybridized carbons (Fsp3) is 0.383. The minimum Gasteiger partial charge on any atom is -0.492 e. The van der Waals surface area contributed by atoms with Crippen molar-refractivity contribution in [2.45, 2.75) is 62.3 Å². The van der Waals surface area contributed by atoms with Gasteiger partial charge in [0, 0.05) is 74.4 Å². The van der Waals surface area contributed by atoms with Gasteiger partial charge in [-0.25, -0.2) is 0 Å². The van der Waals surface area contributed by atoms with Gasteiger partial charge in [-0.1, -0.05) is 54.6 Å². The quantitative estimate of drug-likeness (QED) is 0.186. The number of amides is 3. The van der Waals surface area contributed by atoms with Crippen molar-refractivity contribution >= 4 is 41.2 Å². The molecule has 5 aromatic rings. The fourth-order valence-corrected chi connectivity index (χ4v) is 9.99. The zero-order chi connectivity index (χ0) is 41.7. The molecule has 1 aromatic heterocycles. The first kappa shape index (κ1) is 39.5. The zero-order valence-corrected chi connectivity index (χ0v) is 34.2. The number of H-pyrrole nitrogens is 1. The minimum atomic E-state index is -0.630. The lowest BCUT2D eigenvalue weighted by molar-refractivity contribution is -0.132. The first-order valence-electron chi connectivity index (χ1n) is 21.5. The van der Waals surface area contributed by atoms with E-state index in [9.17, 15) is 14.4 Å². The van der Waals surface area contributed by atoms with Crippen molar-refractivity contribution in [3.05, 3.63) is 125 Å². The molecule has 5 aliphatic rings. The predicted molar refractivity (Wildman–Crippen MR) is 231 cm³/mol. The lowest BCUT2D eigenvalue weighted by Crippen LogP contribution is -2.46. The standard InChI is InChI=1S/C47H51BN6O7/c49-24-30-4-1-5-33(20-30)32-12-16-52(17-13-32)45(56)34-6-2-7-35(22-34)58-28-44(55)54-26-42-43(27-54)61-48(60-42)38-8-3-9-39-36(38)23-40(51-39)46(57)53-18-14-47(15-19-53)29-59-41-11-10-31(25-50)21-37(41)47/h1-11,20-23,32,42-43,51H,12-19,24-29,49-50H2/t42-,43+. The molecule has 2 atom stereocenters. The maximum absolute atomic E-state index is 13.9. The van der Waals surface area contributed by atoms with Gasteiger partial charge in [-0.05, 0) is 95.5 Å². The Morgan fingerprint density at radius 2 is 1.49 bits per heavy atom. The molecule has 4 saturated heterocycles. The number of likely N-dealkylation sites (tertiary alicyclic amines) is 3. The topological polar surface area (TPSA) is 166 Å².